The molecule has 1 unspecified atom stereocenters. The highest BCUT2D eigenvalue weighted by Crippen LogP contribution is 2.23. The first-order valence-corrected chi connectivity index (χ1v) is 5.87. The van der Waals surface area contributed by atoms with E-state index in [9.17, 15) is 10.1 Å². The number of benzene rings is 1. The van der Waals surface area contributed by atoms with Crippen LogP contribution in [-0.4, -0.2) is 37.3 Å². The van der Waals surface area contributed by atoms with E-state index in [4.69, 9.17) is 4.74 Å². The van der Waals surface area contributed by atoms with Gasteiger partial charge in [0.2, 0.25) is 0 Å². The zero-order valence-electron chi connectivity index (χ0n) is 10.5. The topological polar surface area (TPSA) is 76.4 Å². The number of nitrogens with one attached hydrogen (secondary N) is 2. The van der Waals surface area contributed by atoms with Crippen LogP contribution in [-0.2, 0) is 4.74 Å². The summed E-state index contributed by atoms with van der Waals surface area (Å²) in [6.07, 6.45) is 0.0883. The fourth-order valence-corrected chi connectivity index (χ4v) is 2.16. The van der Waals surface area contributed by atoms with Crippen molar-refractivity contribution in [2.45, 2.75) is 19.1 Å². The average Bonchev–Trinajstić information content (AvgIpc) is 2.78. The number of nitrogens with zero attached hydrogens (tertiary/aromatic N) is 1. The summed E-state index contributed by atoms with van der Waals surface area (Å²) in [5, 5.41) is 17.4. The lowest BCUT2D eigenvalue weighted by molar-refractivity contribution is -0.385. The van der Waals surface area contributed by atoms with E-state index in [1.54, 1.807) is 26.2 Å². The minimum atomic E-state index is -0.360. The quantitative estimate of drug-likeness (QED) is 0.623. The Balaban J connectivity index is 2.14. The normalized spacial score (nSPS) is 23.0. The van der Waals surface area contributed by atoms with Crippen molar-refractivity contribution < 1.29 is 9.66 Å². The molecule has 1 fully saturated rings. The summed E-state index contributed by atoms with van der Waals surface area (Å²) in [5.41, 5.74) is 1.56. The molecule has 0 bridgehead atoms. The zero-order chi connectivity index (χ0) is 13.1. The van der Waals surface area contributed by atoms with Gasteiger partial charge in [-0.2, -0.15) is 0 Å². The smallest absolute Gasteiger partial charge is 0.274 e. The van der Waals surface area contributed by atoms with E-state index < -0.39 is 0 Å². The van der Waals surface area contributed by atoms with Gasteiger partial charge in [0, 0.05) is 37.5 Å². The number of anilines is 1. The molecule has 1 aliphatic rings. The Hall–Kier alpha value is -1.66. The second-order valence-electron chi connectivity index (χ2n) is 4.44. The highest BCUT2D eigenvalue weighted by Gasteiger charge is 2.27. The summed E-state index contributed by atoms with van der Waals surface area (Å²) in [6, 6.07) is 5.32. The summed E-state index contributed by atoms with van der Waals surface area (Å²) >= 11 is 0. The molecule has 0 saturated carbocycles. The summed E-state index contributed by atoms with van der Waals surface area (Å²) in [4.78, 5) is 10.5. The van der Waals surface area contributed by atoms with Crippen molar-refractivity contribution in [1.82, 2.24) is 5.32 Å². The molecule has 2 N–H and O–H groups in total. The van der Waals surface area contributed by atoms with E-state index in [2.05, 4.69) is 10.6 Å². The third kappa shape index (κ3) is 2.60. The number of hydrogen-bond donors (Lipinski definition) is 2. The minimum absolute atomic E-state index is 0.0883. The third-order valence-corrected chi connectivity index (χ3v) is 3.22. The molecule has 1 saturated heterocycles. The van der Waals surface area contributed by atoms with Crippen molar-refractivity contribution in [2.75, 3.05) is 25.5 Å². The molecule has 1 aliphatic heterocycles. The van der Waals surface area contributed by atoms with Crippen molar-refractivity contribution >= 4 is 11.4 Å². The number of nitro benzene ring substituents is 1. The molecule has 2 atom stereocenters. The molecule has 6 nitrogen and oxygen atoms in total. The van der Waals surface area contributed by atoms with Crippen LogP contribution in [0.1, 0.15) is 5.56 Å². The van der Waals surface area contributed by atoms with Crippen LogP contribution >= 0.6 is 0 Å². The Morgan fingerprint density at radius 3 is 2.94 bits per heavy atom. The van der Waals surface area contributed by atoms with E-state index in [0.29, 0.717) is 5.56 Å². The molecule has 18 heavy (non-hydrogen) atoms. The summed E-state index contributed by atoms with van der Waals surface area (Å²) in [7, 11) is 1.67. The molecule has 0 aromatic heterocycles. The molecule has 0 radical (unpaired) electrons. The van der Waals surface area contributed by atoms with E-state index in [-0.39, 0.29) is 22.8 Å². The van der Waals surface area contributed by atoms with Gasteiger partial charge in [0.15, 0.2) is 0 Å². The standard InChI is InChI=1S/C12H17N3O3/c1-8-3-4-9(5-11(8)15(16)17)14-10-6-13-7-12(10)18-2/h3-5,10,12-14H,6-7H2,1-2H3/t10?,12-/m0/s1. The highest BCUT2D eigenvalue weighted by atomic mass is 16.6. The average molecular weight is 251 g/mol. The van der Waals surface area contributed by atoms with Gasteiger partial charge in [-0.25, -0.2) is 0 Å². The molecule has 1 aromatic carbocycles. The Morgan fingerprint density at radius 1 is 1.50 bits per heavy atom. The molecular weight excluding hydrogens is 234 g/mol. The number of hydrogen-bond acceptors (Lipinski definition) is 5. The predicted octanol–water partition coefficient (Wildman–Crippen LogP) is 1.30. The van der Waals surface area contributed by atoms with Gasteiger partial charge in [-0.1, -0.05) is 6.07 Å². The lowest BCUT2D eigenvalue weighted by atomic mass is 10.1. The molecule has 6 heteroatoms. The second-order valence-corrected chi connectivity index (χ2v) is 4.44. The van der Waals surface area contributed by atoms with Crippen LogP contribution in [0, 0.1) is 17.0 Å². The van der Waals surface area contributed by atoms with Crippen molar-refractivity contribution in [3.63, 3.8) is 0 Å². The van der Waals surface area contributed by atoms with Crippen LogP contribution < -0.4 is 10.6 Å². The van der Waals surface area contributed by atoms with Crippen molar-refractivity contribution in [3.05, 3.63) is 33.9 Å². The van der Waals surface area contributed by atoms with Gasteiger partial charge in [-0.3, -0.25) is 10.1 Å². The molecule has 1 heterocycles. The number of nitro groups is 1. The number of ether oxygens (including phenoxy) is 1. The molecule has 1 aromatic rings. The third-order valence-electron chi connectivity index (χ3n) is 3.22. The van der Waals surface area contributed by atoms with E-state index in [0.717, 1.165) is 18.8 Å². The number of methoxy groups -OCH3 is 1. The Bertz CT molecular complexity index is 450. The first-order chi connectivity index (χ1) is 8.61. The molecule has 98 valence electrons. The maximum atomic E-state index is 10.9. The molecule has 0 amide bonds. The van der Waals surface area contributed by atoms with Crippen molar-refractivity contribution in [3.8, 4) is 0 Å². The Morgan fingerprint density at radius 2 is 2.28 bits per heavy atom. The maximum Gasteiger partial charge on any atom is 0.274 e. The van der Waals surface area contributed by atoms with Crippen LogP contribution in [0.25, 0.3) is 0 Å². The SMILES string of the molecule is CO[C@H]1CNCC1Nc1ccc(C)c([N+](=O)[O-])c1. The van der Waals surface area contributed by atoms with Crippen molar-refractivity contribution in [1.29, 1.82) is 0 Å². The monoisotopic (exact) mass is 251 g/mol. The van der Waals surface area contributed by atoms with Crippen LogP contribution in [0.5, 0.6) is 0 Å². The van der Waals surface area contributed by atoms with Gasteiger partial charge in [-0.15, -0.1) is 0 Å². The second kappa shape index (κ2) is 5.32. The molecule has 0 aliphatic carbocycles. The van der Waals surface area contributed by atoms with Gasteiger partial charge in [0.1, 0.15) is 0 Å². The van der Waals surface area contributed by atoms with Gasteiger partial charge in [-0.05, 0) is 13.0 Å². The number of aryl methyl sites for hydroxylation is 1. The summed E-state index contributed by atoms with van der Waals surface area (Å²) < 4.78 is 5.34. The molecule has 0 spiro atoms. The van der Waals surface area contributed by atoms with Gasteiger partial charge >= 0.3 is 0 Å². The fourth-order valence-electron chi connectivity index (χ4n) is 2.16. The van der Waals surface area contributed by atoms with Crippen LogP contribution in [0.4, 0.5) is 11.4 Å². The van der Waals surface area contributed by atoms with E-state index >= 15 is 0 Å². The van der Waals surface area contributed by atoms with Gasteiger partial charge < -0.3 is 15.4 Å². The largest absolute Gasteiger partial charge is 0.378 e. The Labute approximate surface area is 105 Å². The van der Waals surface area contributed by atoms with Gasteiger partial charge in [0.25, 0.3) is 5.69 Å². The minimum Gasteiger partial charge on any atom is -0.378 e. The molecule has 2 rings (SSSR count). The maximum absolute atomic E-state index is 10.9. The summed E-state index contributed by atoms with van der Waals surface area (Å²) in [5.74, 6) is 0. The van der Waals surface area contributed by atoms with Crippen LogP contribution in [0.3, 0.4) is 0 Å². The fraction of sp³-hybridized carbons (Fsp3) is 0.500. The highest BCUT2D eigenvalue weighted by molar-refractivity contribution is 5.55. The zero-order valence-corrected chi connectivity index (χ0v) is 10.5. The van der Waals surface area contributed by atoms with Crippen molar-refractivity contribution in [2.24, 2.45) is 0 Å². The van der Waals surface area contributed by atoms with Gasteiger partial charge in [0.05, 0.1) is 17.1 Å². The van der Waals surface area contributed by atoms with Crippen LogP contribution in [0.15, 0.2) is 18.2 Å². The van der Waals surface area contributed by atoms with Crippen LogP contribution in [0.2, 0.25) is 0 Å². The van der Waals surface area contributed by atoms with E-state index in [1.165, 1.54) is 0 Å². The summed E-state index contributed by atoms with van der Waals surface area (Å²) in [6.45, 7) is 3.32. The lowest BCUT2D eigenvalue weighted by Crippen LogP contribution is -2.33. The first-order valence-electron chi connectivity index (χ1n) is 5.87. The number of rotatable bonds is 4. The predicted molar refractivity (Wildman–Crippen MR) is 68.9 cm³/mol. The Kier molecular flexibility index (Phi) is 3.78. The first kappa shape index (κ1) is 12.8. The lowest BCUT2D eigenvalue weighted by Gasteiger charge is -2.19. The van der Waals surface area contributed by atoms with E-state index in [1.807, 2.05) is 6.07 Å². The molecular formula is C12H17N3O3.